The van der Waals surface area contributed by atoms with Gasteiger partial charge in [-0.05, 0) is 35.0 Å². The first-order chi connectivity index (χ1) is 8.20. The van der Waals surface area contributed by atoms with E-state index < -0.39 is 5.97 Å². The maximum atomic E-state index is 10.8. The first kappa shape index (κ1) is 11.4. The molecule has 4 heteroatoms. The predicted molar refractivity (Wildman–Crippen MR) is 63.4 cm³/mol. The fourth-order valence-electron chi connectivity index (χ4n) is 1.57. The molecule has 88 valence electrons. The van der Waals surface area contributed by atoms with Gasteiger partial charge >= 0.3 is 5.97 Å². The van der Waals surface area contributed by atoms with Gasteiger partial charge in [-0.3, -0.25) is 0 Å². The van der Waals surface area contributed by atoms with E-state index in [1.54, 1.807) is 31.4 Å². The lowest BCUT2D eigenvalue weighted by Gasteiger charge is -2.06. The highest BCUT2D eigenvalue weighted by Gasteiger charge is 2.04. The van der Waals surface area contributed by atoms with Gasteiger partial charge in [0.15, 0.2) is 6.79 Å². The van der Waals surface area contributed by atoms with E-state index in [1.165, 1.54) is 0 Å². The molecular formula is C13H12O4. The van der Waals surface area contributed by atoms with Gasteiger partial charge < -0.3 is 14.6 Å². The Kier molecular flexibility index (Phi) is 3.25. The van der Waals surface area contributed by atoms with Gasteiger partial charge in [-0.2, -0.15) is 0 Å². The van der Waals surface area contributed by atoms with Crippen LogP contribution in [-0.2, 0) is 4.74 Å². The van der Waals surface area contributed by atoms with Crippen molar-refractivity contribution in [1.82, 2.24) is 0 Å². The largest absolute Gasteiger partial charge is 0.478 e. The monoisotopic (exact) mass is 232 g/mol. The zero-order chi connectivity index (χ0) is 12.3. The summed E-state index contributed by atoms with van der Waals surface area (Å²) in [5.74, 6) is -0.228. The number of carboxylic acids is 1. The molecule has 0 aliphatic carbocycles. The molecule has 0 amide bonds. The molecule has 0 saturated carbocycles. The molecule has 0 unspecified atom stereocenters. The molecule has 2 rings (SSSR count). The number of benzene rings is 2. The van der Waals surface area contributed by atoms with Crippen LogP contribution in [0.2, 0.25) is 0 Å². The summed E-state index contributed by atoms with van der Waals surface area (Å²) in [6.45, 7) is 0.193. The van der Waals surface area contributed by atoms with E-state index in [1.807, 2.05) is 12.1 Å². The third-order valence-electron chi connectivity index (χ3n) is 2.40. The second-order valence-electron chi connectivity index (χ2n) is 3.58. The Morgan fingerprint density at radius 3 is 2.59 bits per heavy atom. The van der Waals surface area contributed by atoms with Crippen LogP contribution in [-0.4, -0.2) is 25.0 Å². The fourth-order valence-corrected chi connectivity index (χ4v) is 1.57. The van der Waals surface area contributed by atoms with Crippen molar-refractivity contribution in [2.24, 2.45) is 0 Å². The highest BCUT2D eigenvalue weighted by molar-refractivity contribution is 5.94. The maximum Gasteiger partial charge on any atom is 0.335 e. The molecule has 1 N–H and O–H groups in total. The highest BCUT2D eigenvalue weighted by Crippen LogP contribution is 2.22. The summed E-state index contributed by atoms with van der Waals surface area (Å²) in [4.78, 5) is 10.8. The van der Waals surface area contributed by atoms with E-state index >= 15 is 0 Å². The predicted octanol–water partition coefficient (Wildman–Crippen LogP) is 2.52. The quantitative estimate of drug-likeness (QED) is 0.823. The normalized spacial score (nSPS) is 10.4. The molecular weight excluding hydrogens is 220 g/mol. The van der Waals surface area contributed by atoms with Gasteiger partial charge in [0.25, 0.3) is 0 Å². The van der Waals surface area contributed by atoms with Crippen molar-refractivity contribution in [3.8, 4) is 5.75 Å². The molecule has 0 aliphatic heterocycles. The Balaban J connectivity index is 2.36. The van der Waals surface area contributed by atoms with E-state index in [0.29, 0.717) is 5.75 Å². The second kappa shape index (κ2) is 4.84. The molecule has 2 aromatic carbocycles. The molecule has 2 aromatic rings. The van der Waals surface area contributed by atoms with E-state index in [4.69, 9.17) is 14.6 Å². The maximum absolute atomic E-state index is 10.8. The van der Waals surface area contributed by atoms with Gasteiger partial charge in [0.1, 0.15) is 5.75 Å². The number of fused-ring (bicyclic) bond motifs is 1. The van der Waals surface area contributed by atoms with E-state index in [0.717, 1.165) is 10.8 Å². The molecule has 4 nitrogen and oxygen atoms in total. The van der Waals surface area contributed by atoms with Crippen molar-refractivity contribution in [2.75, 3.05) is 13.9 Å². The van der Waals surface area contributed by atoms with Crippen LogP contribution in [0.5, 0.6) is 5.75 Å². The molecule has 0 heterocycles. The Morgan fingerprint density at radius 2 is 1.88 bits per heavy atom. The molecule has 0 saturated heterocycles. The minimum Gasteiger partial charge on any atom is -0.478 e. The Bertz CT molecular complexity index is 548. The van der Waals surface area contributed by atoms with Crippen LogP contribution >= 0.6 is 0 Å². The summed E-state index contributed by atoms with van der Waals surface area (Å²) in [7, 11) is 1.56. The van der Waals surface area contributed by atoms with Gasteiger partial charge in [-0.1, -0.05) is 12.1 Å². The molecule has 0 aliphatic rings. The standard InChI is InChI=1S/C13H12O4/c1-16-8-17-12-5-4-9-6-11(13(14)15)3-2-10(9)7-12/h2-7H,8H2,1H3,(H,14,15). The molecule has 0 radical (unpaired) electrons. The lowest BCUT2D eigenvalue weighted by Crippen LogP contribution is -1.99. The minimum absolute atomic E-state index is 0.193. The van der Waals surface area contributed by atoms with Gasteiger partial charge in [-0.25, -0.2) is 4.79 Å². The smallest absolute Gasteiger partial charge is 0.335 e. The number of carboxylic acid groups (broad SMARTS) is 1. The summed E-state index contributed by atoms with van der Waals surface area (Å²) in [5, 5.41) is 10.7. The van der Waals surface area contributed by atoms with Crippen LogP contribution in [0.4, 0.5) is 0 Å². The molecule has 17 heavy (non-hydrogen) atoms. The average Bonchev–Trinajstić information content (AvgIpc) is 2.35. The molecule has 0 bridgehead atoms. The SMILES string of the molecule is COCOc1ccc2cc(C(=O)O)ccc2c1. The summed E-state index contributed by atoms with van der Waals surface area (Å²) in [6, 6.07) is 10.4. The van der Waals surface area contributed by atoms with Crippen LogP contribution in [0, 0.1) is 0 Å². The van der Waals surface area contributed by atoms with Crippen molar-refractivity contribution < 1.29 is 19.4 Å². The Morgan fingerprint density at radius 1 is 1.18 bits per heavy atom. The first-order valence-corrected chi connectivity index (χ1v) is 5.09. The van der Waals surface area contributed by atoms with E-state index in [2.05, 4.69) is 0 Å². The van der Waals surface area contributed by atoms with E-state index in [-0.39, 0.29) is 12.4 Å². The third-order valence-corrected chi connectivity index (χ3v) is 2.40. The number of hydrogen-bond acceptors (Lipinski definition) is 3. The van der Waals surface area contributed by atoms with Gasteiger partial charge in [0, 0.05) is 7.11 Å². The third kappa shape index (κ3) is 2.54. The Hall–Kier alpha value is -2.07. The van der Waals surface area contributed by atoms with Gasteiger partial charge in [-0.15, -0.1) is 0 Å². The zero-order valence-electron chi connectivity index (χ0n) is 9.34. The molecule has 0 spiro atoms. The summed E-state index contributed by atoms with van der Waals surface area (Å²) < 4.78 is 10.1. The number of rotatable bonds is 4. The topological polar surface area (TPSA) is 55.8 Å². The molecule has 0 fully saturated rings. The molecule has 0 aromatic heterocycles. The van der Waals surface area contributed by atoms with Crippen LogP contribution in [0.1, 0.15) is 10.4 Å². The number of methoxy groups -OCH3 is 1. The number of aromatic carboxylic acids is 1. The summed E-state index contributed by atoms with van der Waals surface area (Å²) >= 11 is 0. The van der Waals surface area contributed by atoms with E-state index in [9.17, 15) is 4.79 Å². The van der Waals surface area contributed by atoms with Crippen molar-refractivity contribution in [3.63, 3.8) is 0 Å². The van der Waals surface area contributed by atoms with Crippen molar-refractivity contribution in [2.45, 2.75) is 0 Å². The molecule has 0 atom stereocenters. The Labute approximate surface area is 98.4 Å². The second-order valence-corrected chi connectivity index (χ2v) is 3.58. The lowest BCUT2D eigenvalue weighted by molar-refractivity contribution is 0.0512. The van der Waals surface area contributed by atoms with Crippen molar-refractivity contribution >= 4 is 16.7 Å². The number of ether oxygens (including phenoxy) is 2. The van der Waals surface area contributed by atoms with Gasteiger partial charge in [0.05, 0.1) is 5.56 Å². The van der Waals surface area contributed by atoms with Crippen LogP contribution in [0.15, 0.2) is 36.4 Å². The summed E-state index contributed by atoms with van der Waals surface area (Å²) in [6.07, 6.45) is 0. The van der Waals surface area contributed by atoms with Crippen molar-refractivity contribution in [1.29, 1.82) is 0 Å². The highest BCUT2D eigenvalue weighted by atomic mass is 16.7. The van der Waals surface area contributed by atoms with Crippen molar-refractivity contribution in [3.05, 3.63) is 42.0 Å². The first-order valence-electron chi connectivity index (χ1n) is 5.09. The summed E-state index contributed by atoms with van der Waals surface area (Å²) in [5.41, 5.74) is 0.281. The van der Waals surface area contributed by atoms with Crippen LogP contribution < -0.4 is 4.74 Å². The minimum atomic E-state index is -0.924. The number of hydrogen-bond donors (Lipinski definition) is 1. The average molecular weight is 232 g/mol. The number of carbonyl (C=O) groups is 1. The van der Waals surface area contributed by atoms with Crippen LogP contribution in [0.3, 0.4) is 0 Å². The zero-order valence-corrected chi connectivity index (χ0v) is 9.34. The lowest BCUT2D eigenvalue weighted by atomic mass is 10.1. The van der Waals surface area contributed by atoms with Gasteiger partial charge in [0.2, 0.25) is 0 Å². The van der Waals surface area contributed by atoms with Crippen LogP contribution in [0.25, 0.3) is 10.8 Å². The fraction of sp³-hybridized carbons (Fsp3) is 0.154.